The van der Waals surface area contributed by atoms with Gasteiger partial charge in [0.15, 0.2) is 0 Å². The second-order valence-electron chi connectivity index (χ2n) is 8.61. The fraction of sp³-hybridized carbons (Fsp3) is 0.478. The summed E-state index contributed by atoms with van der Waals surface area (Å²) in [4.78, 5) is 5.11. The maximum Gasteiger partial charge on any atom is 0.0441 e. The molecule has 142 valence electrons. The van der Waals surface area contributed by atoms with Crippen LogP contribution in [0.4, 0.5) is 5.69 Å². The van der Waals surface area contributed by atoms with E-state index in [0.717, 1.165) is 24.5 Å². The number of hydrogen-bond acceptors (Lipinski definition) is 3. The molecule has 27 heavy (non-hydrogen) atoms. The average Bonchev–Trinajstić information content (AvgIpc) is 2.97. The van der Waals surface area contributed by atoms with Crippen LogP contribution in [0.15, 0.2) is 42.5 Å². The molecule has 0 amide bonds. The molecule has 0 aliphatic carbocycles. The molecular formula is C23H28ClN3. The summed E-state index contributed by atoms with van der Waals surface area (Å²) in [6.07, 6.45) is 3.57. The fourth-order valence-electron chi connectivity index (χ4n) is 5.48. The second kappa shape index (κ2) is 6.80. The van der Waals surface area contributed by atoms with E-state index in [4.69, 9.17) is 11.6 Å². The van der Waals surface area contributed by atoms with E-state index in [1.54, 1.807) is 5.56 Å². The molecule has 3 heterocycles. The highest BCUT2D eigenvalue weighted by Gasteiger charge is 2.43. The Bertz CT molecular complexity index is 841. The van der Waals surface area contributed by atoms with Gasteiger partial charge in [0.2, 0.25) is 0 Å². The molecule has 0 radical (unpaired) electrons. The fourth-order valence-corrected chi connectivity index (χ4v) is 5.75. The minimum atomic E-state index is 0.359. The number of piperidine rings is 1. The number of halogens is 1. The zero-order valence-corrected chi connectivity index (χ0v) is 16.8. The minimum absolute atomic E-state index is 0.359. The van der Waals surface area contributed by atoms with Gasteiger partial charge in [-0.3, -0.25) is 0 Å². The van der Waals surface area contributed by atoms with Crippen LogP contribution >= 0.6 is 11.6 Å². The molecule has 2 aromatic rings. The lowest BCUT2D eigenvalue weighted by Crippen LogP contribution is -2.50. The molecule has 3 aliphatic rings. The highest BCUT2D eigenvalue weighted by molar-refractivity contribution is 6.31. The predicted octanol–water partition coefficient (Wildman–Crippen LogP) is 3.84. The van der Waals surface area contributed by atoms with Gasteiger partial charge in [0.05, 0.1) is 0 Å². The van der Waals surface area contributed by atoms with Crippen LogP contribution in [0.3, 0.4) is 0 Å². The summed E-state index contributed by atoms with van der Waals surface area (Å²) in [7, 11) is 2.24. The highest BCUT2D eigenvalue weighted by atomic mass is 35.5. The van der Waals surface area contributed by atoms with Crippen molar-refractivity contribution >= 4 is 17.3 Å². The van der Waals surface area contributed by atoms with Crippen LogP contribution in [0.2, 0.25) is 5.02 Å². The molecule has 1 spiro atoms. The standard InChI is InChI=1S/C23H28ClN3/c1-26-16-23(20-6-2-3-8-22(20)26)9-11-27(12-10-23)15-18-13-19-17(14-25-18)5-4-7-21(19)24/h2-8,18,25H,9-16H2,1H3. The average molecular weight is 382 g/mol. The largest absolute Gasteiger partial charge is 0.373 e. The number of likely N-dealkylation sites (tertiary alicyclic amines) is 1. The maximum atomic E-state index is 6.45. The van der Waals surface area contributed by atoms with E-state index in [1.807, 2.05) is 6.07 Å². The molecule has 1 atom stereocenters. The Morgan fingerprint density at radius 2 is 1.93 bits per heavy atom. The van der Waals surface area contributed by atoms with Gasteiger partial charge in [-0.15, -0.1) is 0 Å². The maximum absolute atomic E-state index is 6.45. The lowest BCUT2D eigenvalue weighted by molar-refractivity contribution is 0.151. The predicted molar refractivity (Wildman–Crippen MR) is 113 cm³/mol. The summed E-state index contributed by atoms with van der Waals surface area (Å²) < 4.78 is 0. The molecule has 3 nitrogen and oxygen atoms in total. The van der Waals surface area contributed by atoms with Crippen LogP contribution < -0.4 is 10.2 Å². The van der Waals surface area contributed by atoms with Crippen molar-refractivity contribution in [1.29, 1.82) is 0 Å². The van der Waals surface area contributed by atoms with Crippen LogP contribution in [-0.2, 0) is 18.4 Å². The lowest BCUT2D eigenvalue weighted by Gasteiger charge is -2.41. The van der Waals surface area contributed by atoms with Crippen molar-refractivity contribution in [3.63, 3.8) is 0 Å². The number of para-hydroxylation sites is 1. The molecule has 1 unspecified atom stereocenters. The molecule has 2 aromatic carbocycles. The third-order valence-corrected chi connectivity index (χ3v) is 7.32. The number of nitrogens with zero attached hydrogens (tertiary/aromatic N) is 2. The zero-order valence-electron chi connectivity index (χ0n) is 16.0. The van der Waals surface area contributed by atoms with Gasteiger partial charge < -0.3 is 15.1 Å². The topological polar surface area (TPSA) is 18.5 Å². The Morgan fingerprint density at radius 3 is 2.78 bits per heavy atom. The van der Waals surface area contributed by atoms with Crippen molar-refractivity contribution in [2.24, 2.45) is 0 Å². The van der Waals surface area contributed by atoms with E-state index in [2.05, 4.69) is 58.6 Å². The first-order valence-corrected chi connectivity index (χ1v) is 10.6. The summed E-state index contributed by atoms with van der Waals surface area (Å²) in [6, 6.07) is 15.8. The first-order chi connectivity index (χ1) is 13.1. The van der Waals surface area contributed by atoms with E-state index in [9.17, 15) is 0 Å². The third kappa shape index (κ3) is 3.06. The first-order valence-electron chi connectivity index (χ1n) is 10.2. The summed E-state index contributed by atoms with van der Waals surface area (Å²) in [5.41, 5.74) is 6.08. The van der Waals surface area contributed by atoms with Crippen molar-refractivity contribution in [2.45, 2.75) is 37.3 Å². The SMILES string of the molecule is CN1CC2(CCN(CC3Cc4c(Cl)cccc4CN3)CC2)c2ccccc21. The van der Waals surface area contributed by atoms with Crippen LogP contribution in [0.1, 0.15) is 29.5 Å². The summed E-state index contributed by atoms with van der Waals surface area (Å²) in [5, 5.41) is 4.66. The number of hydrogen-bond donors (Lipinski definition) is 1. The number of anilines is 1. The molecule has 0 aromatic heterocycles. The Balaban J connectivity index is 1.24. The van der Waals surface area contributed by atoms with E-state index >= 15 is 0 Å². The van der Waals surface area contributed by atoms with Crippen molar-refractivity contribution in [3.05, 3.63) is 64.2 Å². The Labute approximate surface area is 167 Å². The molecule has 1 fully saturated rings. The Hall–Kier alpha value is -1.55. The summed E-state index contributed by atoms with van der Waals surface area (Å²) in [6.45, 7) is 5.62. The van der Waals surface area contributed by atoms with Crippen LogP contribution in [0, 0.1) is 0 Å². The zero-order chi connectivity index (χ0) is 18.4. The van der Waals surface area contributed by atoms with Gasteiger partial charge in [-0.25, -0.2) is 0 Å². The van der Waals surface area contributed by atoms with Gasteiger partial charge in [0, 0.05) is 48.8 Å². The first kappa shape index (κ1) is 17.5. The number of rotatable bonds is 2. The van der Waals surface area contributed by atoms with Gasteiger partial charge in [0.25, 0.3) is 0 Å². The second-order valence-corrected chi connectivity index (χ2v) is 9.02. The van der Waals surface area contributed by atoms with Gasteiger partial charge in [-0.1, -0.05) is 41.9 Å². The number of nitrogens with one attached hydrogen (secondary N) is 1. The quantitative estimate of drug-likeness (QED) is 0.852. The van der Waals surface area contributed by atoms with Crippen molar-refractivity contribution < 1.29 is 0 Å². The smallest absolute Gasteiger partial charge is 0.0441 e. The van der Waals surface area contributed by atoms with E-state index in [0.29, 0.717) is 11.5 Å². The normalized spacial score (nSPS) is 24.1. The molecule has 3 aliphatic heterocycles. The lowest BCUT2D eigenvalue weighted by atomic mass is 9.74. The molecule has 0 bridgehead atoms. The molecular weight excluding hydrogens is 354 g/mol. The highest BCUT2D eigenvalue weighted by Crippen LogP contribution is 2.46. The van der Waals surface area contributed by atoms with Crippen molar-refractivity contribution in [1.82, 2.24) is 10.2 Å². The Morgan fingerprint density at radius 1 is 1.11 bits per heavy atom. The van der Waals surface area contributed by atoms with Gasteiger partial charge >= 0.3 is 0 Å². The van der Waals surface area contributed by atoms with Gasteiger partial charge in [-0.2, -0.15) is 0 Å². The van der Waals surface area contributed by atoms with Crippen LogP contribution in [0.25, 0.3) is 0 Å². The summed E-state index contributed by atoms with van der Waals surface area (Å²) in [5.74, 6) is 0. The number of fused-ring (bicyclic) bond motifs is 3. The van der Waals surface area contributed by atoms with E-state index in [1.165, 1.54) is 49.3 Å². The van der Waals surface area contributed by atoms with Crippen LogP contribution in [0.5, 0.6) is 0 Å². The van der Waals surface area contributed by atoms with Crippen LogP contribution in [-0.4, -0.2) is 44.2 Å². The number of likely N-dealkylation sites (N-methyl/N-ethyl adjacent to an activating group) is 1. The molecule has 1 saturated heterocycles. The van der Waals surface area contributed by atoms with E-state index in [-0.39, 0.29) is 0 Å². The van der Waals surface area contributed by atoms with E-state index < -0.39 is 0 Å². The van der Waals surface area contributed by atoms with Crippen molar-refractivity contribution in [2.75, 3.05) is 38.1 Å². The number of benzene rings is 2. The Kier molecular flexibility index (Phi) is 4.42. The monoisotopic (exact) mass is 381 g/mol. The molecule has 4 heteroatoms. The molecule has 5 rings (SSSR count). The minimum Gasteiger partial charge on any atom is -0.373 e. The summed E-state index contributed by atoms with van der Waals surface area (Å²) >= 11 is 6.45. The third-order valence-electron chi connectivity index (χ3n) is 6.97. The molecule has 0 saturated carbocycles. The van der Waals surface area contributed by atoms with Crippen molar-refractivity contribution in [3.8, 4) is 0 Å². The molecule has 1 N–H and O–H groups in total. The van der Waals surface area contributed by atoms with Gasteiger partial charge in [-0.05, 0) is 61.2 Å². The van der Waals surface area contributed by atoms with Gasteiger partial charge in [0.1, 0.15) is 0 Å².